The van der Waals surface area contributed by atoms with Crippen molar-refractivity contribution in [3.8, 4) is 0 Å². The van der Waals surface area contributed by atoms with Gasteiger partial charge in [-0.2, -0.15) is 0 Å². The SMILES string of the molecule is CCSc1ccc(CC(=O)N(Cc2ccccc2)c2nc3c(C)c(Cl)ccc3s2)cc1. The number of anilines is 1. The number of thioether (sulfide) groups is 1. The molecule has 0 fully saturated rings. The van der Waals surface area contributed by atoms with Gasteiger partial charge in [0.05, 0.1) is 23.2 Å². The molecular weight excluding hydrogens is 444 g/mol. The van der Waals surface area contributed by atoms with Gasteiger partial charge in [0.25, 0.3) is 0 Å². The average Bonchev–Trinajstić information content (AvgIpc) is 3.21. The van der Waals surface area contributed by atoms with Crippen LogP contribution in [0.1, 0.15) is 23.6 Å². The smallest absolute Gasteiger partial charge is 0.233 e. The van der Waals surface area contributed by atoms with E-state index in [-0.39, 0.29) is 5.91 Å². The summed E-state index contributed by atoms with van der Waals surface area (Å²) >= 11 is 9.62. The Bertz CT molecular complexity index is 1190. The molecular formula is C25H23ClN2OS2. The molecule has 158 valence electrons. The molecule has 0 aliphatic carbocycles. The monoisotopic (exact) mass is 466 g/mol. The lowest BCUT2D eigenvalue weighted by atomic mass is 10.1. The molecule has 0 N–H and O–H groups in total. The van der Waals surface area contributed by atoms with E-state index in [9.17, 15) is 4.79 Å². The molecule has 0 atom stereocenters. The Morgan fingerprint density at radius 1 is 1.03 bits per heavy atom. The normalized spacial score (nSPS) is 11.1. The minimum atomic E-state index is 0.0301. The van der Waals surface area contributed by atoms with Crippen molar-refractivity contribution in [3.05, 3.63) is 88.4 Å². The van der Waals surface area contributed by atoms with Crippen LogP contribution in [0.5, 0.6) is 0 Å². The molecule has 3 aromatic carbocycles. The molecule has 0 saturated heterocycles. The van der Waals surface area contributed by atoms with Crippen molar-refractivity contribution >= 4 is 56.0 Å². The summed E-state index contributed by atoms with van der Waals surface area (Å²) in [6, 6.07) is 22.1. The van der Waals surface area contributed by atoms with E-state index in [0.717, 1.165) is 32.7 Å². The third kappa shape index (κ3) is 5.12. The molecule has 4 rings (SSSR count). The maximum absolute atomic E-state index is 13.4. The molecule has 3 nitrogen and oxygen atoms in total. The highest BCUT2D eigenvalue weighted by Gasteiger charge is 2.21. The average molecular weight is 467 g/mol. The number of amides is 1. The van der Waals surface area contributed by atoms with E-state index in [4.69, 9.17) is 16.6 Å². The first-order valence-electron chi connectivity index (χ1n) is 10.2. The Kier molecular flexibility index (Phi) is 6.96. The van der Waals surface area contributed by atoms with E-state index >= 15 is 0 Å². The number of halogens is 1. The van der Waals surface area contributed by atoms with E-state index in [1.54, 1.807) is 16.7 Å². The van der Waals surface area contributed by atoms with Gasteiger partial charge in [-0.25, -0.2) is 4.98 Å². The van der Waals surface area contributed by atoms with Crippen LogP contribution in [0.2, 0.25) is 5.02 Å². The number of carbonyl (C=O) groups excluding carboxylic acids is 1. The highest BCUT2D eigenvalue weighted by atomic mass is 35.5. The van der Waals surface area contributed by atoms with Crippen LogP contribution in [0.15, 0.2) is 71.6 Å². The molecule has 0 radical (unpaired) electrons. The summed E-state index contributed by atoms with van der Waals surface area (Å²) in [6.45, 7) is 4.58. The summed E-state index contributed by atoms with van der Waals surface area (Å²) in [5, 5.41) is 1.39. The van der Waals surface area contributed by atoms with Crippen LogP contribution in [0, 0.1) is 6.92 Å². The topological polar surface area (TPSA) is 33.2 Å². The molecule has 4 aromatic rings. The molecule has 6 heteroatoms. The molecule has 0 saturated carbocycles. The Hall–Kier alpha value is -2.34. The molecule has 0 spiro atoms. The second-order valence-corrected chi connectivity index (χ2v) is 9.99. The van der Waals surface area contributed by atoms with Crippen molar-refractivity contribution < 1.29 is 4.79 Å². The first kappa shape index (κ1) is 21.9. The number of aromatic nitrogens is 1. The summed E-state index contributed by atoms with van der Waals surface area (Å²) in [5.74, 6) is 1.06. The fraction of sp³-hybridized carbons (Fsp3) is 0.200. The van der Waals surface area contributed by atoms with Crippen LogP contribution in [0.25, 0.3) is 10.2 Å². The largest absolute Gasteiger partial charge is 0.283 e. The van der Waals surface area contributed by atoms with Gasteiger partial charge in [0.2, 0.25) is 5.91 Å². The van der Waals surface area contributed by atoms with Gasteiger partial charge in [0.1, 0.15) is 0 Å². The molecule has 0 unspecified atom stereocenters. The standard InChI is InChI=1S/C25H23ClN2OS2/c1-3-30-20-11-9-18(10-12-20)15-23(29)28(16-19-7-5-4-6-8-19)25-27-24-17(2)21(26)13-14-22(24)31-25/h4-14H,3,15-16H2,1-2H3. The van der Waals surface area contributed by atoms with Gasteiger partial charge in [-0.15, -0.1) is 11.8 Å². The number of rotatable bonds is 7. The fourth-order valence-electron chi connectivity index (χ4n) is 3.37. The lowest BCUT2D eigenvalue weighted by Gasteiger charge is -2.20. The van der Waals surface area contributed by atoms with Crippen LogP contribution >= 0.6 is 34.7 Å². The van der Waals surface area contributed by atoms with E-state index in [1.165, 1.54) is 16.2 Å². The third-order valence-corrected chi connectivity index (χ3v) is 7.39. The Balaban J connectivity index is 1.65. The molecule has 1 heterocycles. The van der Waals surface area contributed by atoms with Crippen LogP contribution in [-0.4, -0.2) is 16.6 Å². The number of aryl methyl sites for hydroxylation is 1. The van der Waals surface area contributed by atoms with Gasteiger partial charge in [0, 0.05) is 9.92 Å². The second kappa shape index (κ2) is 9.86. The quantitative estimate of drug-likeness (QED) is 0.271. The predicted octanol–water partition coefficient (Wildman–Crippen LogP) is 7.15. The third-order valence-electron chi connectivity index (χ3n) is 5.04. The summed E-state index contributed by atoms with van der Waals surface area (Å²) in [7, 11) is 0. The second-order valence-electron chi connectivity index (χ2n) is 7.23. The van der Waals surface area contributed by atoms with Crippen molar-refractivity contribution in [2.45, 2.75) is 31.7 Å². The van der Waals surface area contributed by atoms with Gasteiger partial charge in [-0.3, -0.25) is 9.69 Å². The fourth-order valence-corrected chi connectivity index (χ4v) is 5.23. The lowest BCUT2D eigenvalue weighted by Crippen LogP contribution is -2.31. The zero-order chi connectivity index (χ0) is 21.8. The lowest BCUT2D eigenvalue weighted by molar-refractivity contribution is -0.118. The van der Waals surface area contributed by atoms with Crippen LogP contribution in [0.3, 0.4) is 0 Å². The van der Waals surface area contributed by atoms with Crippen molar-refractivity contribution in [1.29, 1.82) is 0 Å². The summed E-state index contributed by atoms with van der Waals surface area (Å²) in [4.78, 5) is 21.2. The van der Waals surface area contributed by atoms with Gasteiger partial charge in [-0.1, -0.05) is 72.3 Å². The summed E-state index contributed by atoms with van der Waals surface area (Å²) < 4.78 is 1.03. The van der Waals surface area contributed by atoms with Gasteiger partial charge in [-0.05, 0) is 53.6 Å². The Morgan fingerprint density at radius 3 is 2.48 bits per heavy atom. The van der Waals surface area contributed by atoms with Crippen LogP contribution in [-0.2, 0) is 17.8 Å². The van der Waals surface area contributed by atoms with E-state index in [1.807, 2.05) is 61.5 Å². The number of hydrogen-bond acceptors (Lipinski definition) is 4. The molecule has 0 aliphatic heterocycles. The van der Waals surface area contributed by atoms with Crippen LogP contribution < -0.4 is 4.90 Å². The Morgan fingerprint density at radius 2 is 1.77 bits per heavy atom. The highest BCUT2D eigenvalue weighted by Crippen LogP contribution is 2.34. The maximum atomic E-state index is 13.4. The Labute approximate surface area is 196 Å². The zero-order valence-electron chi connectivity index (χ0n) is 17.5. The predicted molar refractivity (Wildman–Crippen MR) is 134 cm³/mol. The molecule has 1 amide bonds. The van der Waals surface area contributed by atoms with E-state index < -0.39 is 0 Å². The highest BCUT2D eigenvalue weighted by molar-refractivity contribution is 7.99. The number of hydrogen-bond donors (Lipinski definition) is 0. The minimum Gasteiger partial charge on any atom is -0.283 e. The van der Waals surface area contributed by atoms with Gasteiger partial charge in [0.15, 0.2) is 5.13 Å². The first-order valence-corrected chi connectivity index (χ1v) is 12.3. The van der Waals surface area contributed by atoms with Crippen molar-refractivity contribution in [3.63, 3.8) is 0 Å². The van der Waals surface area contributed by atoms with E-state index in [0.29, 0.717) is 23.1 Å². The van der Waals surface area contributed by atoms with Crippen molar-refractivity contribution in [2.75, 3.05) is 10.7 Å². The number of nitrogens with zero attached hydrogens (tertiary/aromatic N) is 2. The van der Waals surface area contributed by atoms with E-state index in [2.05, 4.69) is 19.1 Å². The number of thiazole rings is 1. The summed E-state index contributed by atoms with van der Waals surface area (Å²) in [5.41, 5.74) is 3.88. The van der Waals surface area contributed by atoms with Crippen LogP contribution in [0.4, 0.5) is 5.13 Å². The molecule has 0 aliphatic rings. The molecule has 31 heavy (non-hydrogen) atoms. The number of fused-ring (bicyclic) bond motifs is 1. The maximum Gasteiger partial charge on any atom is 0.233 e. The van der Waals surface area contributed by atoms with Crippen molar-refractivity contribution in [1.82, 2.24) is 4.98 Å². The minimum absolute atomic E-state index is 0.0301. The zero-order valence-corrected chi connectivity index (χ0v) is 19.9. The van der Waals surface area contributed by atoms with Crippen molar-refractivity contribution in [2.24, 2.45) is 0 Å². The first-order chi connectivity index (χ1) is 15.0. The summed E-state index contributed by atoms with van der Waals surface area (Å²) in [6.07, 6.45) is 0.333. The van der Waals surface area contributed by atoms with Gasteiger partial charge < -0.3 is 0 Å². The van der Waals surface area contributed by atoms with Gasteiger partial charge >= 0.3 is 0 Å². The molecule has 0 bridgehead atoms. The number of carbonyl (C=O) groups is 1. The number of benzene rings is 3. The molecule has 1 aromatic heterocycles.